The van der Waals surface area contributed by atoms with Gasteiger partial charge in [0.1, 0.15) is 12.4 Å². The summed E-state index contributed by atoms with van der Waals surface area (Å²) in [6.07, 6.45) is 0. The molecule has 0 saturated carbocycles. The first-order valence-electron chi connectivity index (χ1n) is 7.63. The van der Waals surface area contributed by atoms with E-state index in [0.29, 0.717) is 18.8 Å². The molecule has 2 aromatic carbocycles. The minimum Gasteiger partial charge on any atom is -1.00 e. The molecule has 0 radical (unpaired) electrons. The minimum atomic E-state index is 0. The number of aryl methyl sites for hydroxylation is 2. The van der Waals surface area contributed by atoms with Crippen LogP contribution in [-0.4, -0.2) is 15.7 Å². The van der Waals surface area contributed by atoms with Gasteiger partial charge >= 0.3 is 0 Å². The summed E-state index contributed by atoms with van der Waals surface area (Å²) in [4.78, 5) is 0. The molecule has 0 spiro atoms. The molecule has 4 nitrogen and oxygen atoms in total. The number of hydrogen-bond acceptors (Lipinski definition) is 2. The predicted octanol–water partition coefficient (Wildman–Crippen LogP) is 0.334. The van der Waals surface area contributed by atoms with Crippen LogP contribution in [0.1, 0.15) is 12.5 Å². The van der Waals surface area contributed by atoms with Crippen molar-refractivity contribution in [3.63, 3.8) is 0 Å². The van der Waals surface area contributed by atoms with Crippen molar-refractivity contribution < 1.29 is 21.7 Å². The predicted molar refractivity (Wildman–Crippen MR) is 88.1 cm³/mol. The highest BCUT2D eigenvalue weighted by molar-refractivity contribution is 5.75. The third-order valence-electron chi connectivity index (χ3n) is 3.86. The third-order valence-corrected chi connectivity index (χ3v) is 3.86. The van der Waals surface area contributed by atoms with Gasteiger partial charge in [-0.15, -0.1) is 0 Å². The second-order valence-electron chi connectivity index (χ2n) is 5.37. The number of benzene rings is 2. The number of para-hydroxylation sites is 2. The van der Waals surface area contributed by atoms with Gasteiger partial charge in [-0.25, -0.2) is 0 Å². The lowest BCUT2D eigenvalue weighted by Crippen LogP contribution is -3.00. The summed E-state index contributed by atoms with van der Waals surface area (Å²) >= 11 is 0. The maximum absolute atomic E-state index is 8.36. The summed E-state index contributed by atoms with van der Waals surface area (Å²) in [7, 11) is 0. The van der Waals surface area contributed by atoms with Crippen LogP contribution in [0.25, 0.3) is 11.0 Å². The Bertz CT molecular complexity index is 851. The van der Waals surface area contributed by atoms with Crippen LogP contribution in [0.3, 0.4) is 0 Å². The number of nitrogens with one attached hydrogen (secondary N) is 1. The number of rotatable bonds is 5. The molecular weight excluding hydrogens is 354 g/mol. The van der Waals surface area contributed by atoms with Crippen molar-refractivity contribution in [1.82, 2.24) is 9.13 Å². The van der Waals surface area contributed by atoms with Gasteiger partial charge in [0.25, 0.3) is 0 Å². The van der Waals surface area contributed by atoms with Crippen LogP contribution in [0, 0.1) is 12.3 Å². The van der Waals surface area contributed by atoms with Crippen LogP contribution >= 0.6 is 0 Å². The smallest absolute Gasteiger partial charge is 0.203 e. The Balaban J connectivity index is 0.00000192. The van der Waals surface area contributed by atoms with E-state index >= 15 is 0 Å². The molecule has 0 aliphatic rings. The second kappa shape index (κ2) is 7.51. The zero-order valence-electron chi connectivity index (χ0n) is 13.4. The first-order chi connectivity index (χ1) is 10.7. The second-order valence-corrected chi connectivity index (χ2v) is 5.37. The van der Waals surface area contributed by atoms with E-state index in [1.807, 2.05) is 39.5 Å². The molecule has 0 saturated heterocycles. The fourth-order valence-corrected chi connectivity index (χ4v) is 2.80. The SMILES string of the molecule is CCn1c(=N)n(CCOc2cccc(C)c2)c2ccccc21.[Br-]. The molecule has 3 aromatic rings. The van der Waals surface area contributed by atoms with Crippen molar-refractivity contribution in [3.05, 3.63) is 59.7 Å². The van der Waals surface area contributed by atoms with Crippen LogP contribution < -0.4 is 27.3 Å². The number of fused-ring (bicyclic) bond motifs is 1. The normalized spacial score (nSPS) is 10.5. The van der Waals surface area contributed by atoms with Crippen LogP contribution in [0.4, 0.5) is 0 Å². The zero-order valence-corrected chi connectivity index (χ0v) is 15.0. The summed E-state index contributed by atoms with van der Waals surface area (Å²) in [5.74, 6) is 0.881. The van der Waals surface area contributed by atoms with E-state index in [4.69, 9.17) is 10.1 Å². The van der Waals surface area contributed by atoms with Gasteiger partial charge in [0.05, 0.1) is 17.6 Å². The summed E-state index contributed by atoms with van der Waals surface area (Å²) in [5, 5.41) is 8.36. The van der Waals surface area contributed by atoms with E-state index in [9.17, 15) is 0 Å². The number of nitrogens with zero attached hydrogens (tertiary/aromatic N) is 2. The van der Waals surface area contributed by atoms with Gasteiger partial charge in [-0.3, -0.25) is 5.41 Å². The van der Waals surface area contributed by atoms with Crippen LogP contribution in [0.2, 0.25) is 0 Å². The van der Waals surface area contributed by atoms with Crippen molar-refractivity contribution in [2.45, 2.75) is 26.9 Å². The number of ether oxygens (including phenoxy) is 1. The van der Waals surface area contributed by atoms with Gasteiger partial charge in [-0.05, 0) is 43.7 Å². The molecule has 0 fully saturated rings. The molecule has 0 aliphatic heterocycles. The highest BCUT2D eigenvalue weighted by Crippen LogP contribution is 2.14. The van der Waals surface area contributed by atoms with Crippen LogP contribution in [-0.2, 0) is 13.1 Å². The Morgan fingerprint density at radius 2 is 1.70 bits per heavy atom. The van der Waals surface area contributed by atoms with Crippen LogP contribution in [0.5, 0.6) is 5.75 Å². The molecule has 0 atom stereocenters. The molecule has 23 heavy (non-hydrogen) atoms. The van der Waals surface area contributed by atoms with E-state index in [1.165, 1.54) is 5.56 Å². The van der Waals surface area contributed by atoms with Crippen molar-refractivity contribution in [2.24, 2.45) is 0 Å². The highest BCUT2D eigenvalue weighted by Gasteiger charge is 2.08. The fraction of sp³-hybridized carbons (Fsp3) is 0.278. The lowest BCUT2D eigenvalue weighted by atomic mass is 10.2. The third kappa shape index (κ3) is 3.50. The van der Waals surface area contributed by atoms with E-state index < -0.39 is 0 Å². The number of imidazole rings is 1. The standard InChI is InChI=1S/C18H21N3O.BrH/c1-3-20-16-9-4-5-10-17(16)21(18(20)19)11-12-22-15-8-6-7-14(2)13-15;/h4-10,13,19H,3,11-12H2,1-2H3;1H/p-1. The topological polar surface area (TPSA) is 42.9 Å². The van der Waals surface area contributed by atoms with Gasteiger partial charge in [0.15, 0.2) is 0 Å². The Hall–Kier alpha value is -2.01. The first kappa shape index (κ1) is 17.3. The van der Waals surface area contributed by atoms with E-state index in [2.05, 4.69) is 32.0 Å². The Labute approximate surface area is 146 Å². The molecule has 0 bridgehead atoms. The van der Waals surface area contributed by atoms with Crippen molar-refractivity contribution in [3.8, 4) is 5.75 Å². The molecule has 3 rings (SSSR count). The molecule has 0 aliphatic carbocycles. The molecule has 1 aromatic heterocycles. The fourth-order valence-electron chi connectivity index (χ4n) is 2.80. The van der Waals surface area contributed by atoms with Gasteiger partial charge in [-0.2, -0.15) is 0 Å². The Morgan fingerprint density at radius 3 is 2.35 bits per heavy atom. The van der Waals surface area contributed by atoms with Gasteiger partial charge in [0, 0.05) is 6.54 Å². The molecule has 1 heterocycles. The van der Waals surface area contributed by atoms with E-state index in [-0.39, 0.29) is 17.0 Å². The van der Waals surface area contributed by atoms with Crippen LogP contribution in [0.15, 0.2) is 48.5 Å². The first-order valence-corrected chi connectivity index (χ1v) is 7.63. The van der Waals surface area contributed by atoms with E-state index in [1.54, 1.807) is 0 Å². The molecule has 1 N–H and O–H groups in total. The number of hydrogen-bond donors (Lipinski definition) is 1. The summed E-state index contributed by atoms with van der Waals surface area (Å²) in [6.45, 7) is 6.14. The summed E-state index contributed by atoms with van der Waals surface area (Å²) in [5.41, 5.74) is 3.90. The lowest BCUT2D eigenvalue weighted by Gasteiger charge is -2.08. The Morgan fingerprint density at radius 1 is 1.00 bits per heavy atom. The highest BCUT2D eigenvalue weighted by atomic mass is 79.9. The molecule has 5 heteroatoms. The zero-order chi connectivity index (χ0) is 15.5. The number of aromatic nitrogens is 2. The molecular formula is C18H21BrN3O-. The average molecular weight is 375 g/mol. The minimum absolute atomic E-state index is 0. The van der Waals surface area contributed by atoms with E-state index in [0.717, 1.165) is 23.3 Å². The Kier molecular flexibility index (Phi) is 5.66. The van der Waals surface area contributed by atoms with Gasteiger partial charge in [-0.1, -0.05) is 24.3 Å². The summed E-state index contributed by atoms with van der Waals surface area (Å²) in [6, 6.07) is 16.2. The molecule has 0 unspecified atom stereocenters. The maximum Gasteiger partial charge on any atom is 0.203 e. The maximum atomic E-state index is 8.36. The van der Waals surface area contributed by atoms with Crippen molar-refractivity contribution in [2.75, 3.05) is 6.61 Å². The van der Waals surface area contributed by atoms with Crippen molar-refractivity contribution in [1.29, 1.82) is 5.41 Å². The average Bonchev–Trinajstić information content (AvgIpc) is 2.79. The van der Waals surface area contributed by atoms with Crippen molar-refractivity contribution >= 4 is 11.0 Å². The molecule has 0 amide bonds. The quantitative estimate of drug-likeness (QED) is 0.687. The molecule has 122 valence electrons. The largest absolute Gasteiger partial charge is 1.00 e. The monoisotopic (exact) mass is 374 g/mol. The van der Waals surface area contributed by atoms with Gasteiger partial charge < -0.3 is 30.9 Å². The lowest BCUT2D eigenvalue weighted by molar-refractivity contribution is -0.00000533. The summed E-state index contributed by atoms with van der Waals surface area (Å²) < 4.78 is 9.85. The number of halogens is 1. The van der Waals surface area contributed by atoms with Gasteiger partial charge in [0.2, 0.25) is 5.62 Å².